The maximum absolute atomic E-state index is 5.63. The van der Waals surface area contributed by atoms with E-state index in [0.29, 0.717) is 0 Å². The molecule has 0 aliphatic carbocycles. The van der Waals surface area contributed by atoms with Crippen molar-refractivity contribution in [1.29, 1.82) is 0 Å². The van der Waals surface area contributed by atoms with Gasteiger partial charge in [-0.2, -0.15) is 0 Å². The Morgan fingerprint density at radius 1 is 1.26 bits per heavy atom. The van der Waals surface area contributed by atoms with Crippen LogP contribution in [0.3, 0.4) is 0 Å². The minimum absolute atomic E-state index is 0.742. The molecular weight excluding hydrogens is 302 g/mol. The standard InChI is InChI=1S/C19H31N3S/c1-6-16(4)21(5)18-7-9-22(10-8-18)19(23)20-17-12-14(2)11-15(3)13-17/h11-13,16,18H,6-10H2,1-5H3,(H,20,23)/p+1. The van der Waals surface area contributed by atoms with Crippen LogP contribution in [-0.2, 0) is 0 Å². The van der Waals surface area contributed by atoms with Gasteiger partial charge in [0.1, 0.15) is 0 Å². The number of nitrogens with zero attached hydrogens (tertiary/aromatic N) is 1. The maximum Gasteiger partial charge on any atom is 0.173 e. The zero-order valence-corrected chi connectivity index (χ0v) is 16.1. The summed E-state index contributed by atoms with van der Waals surface area (Å²) in [4.78, 5) is 4.01. The van der Waals surface area contributed by atoms with Crippen LogP contribution in [0, 0.1) is 13.8 Å². The van der Waals surface area contributed by atoms with Crippen LogP contribution in [-0.4, -0.2) is 42.2 Å². The van der Waals surface area contributed by atoms with Gasteiger partial charge < -0.3 is 15.1 Å². The second-order valence-corrected chi connectivity index (χ2v) is 7.51. The Morgan fingerprint density at radius 2 is 1.83 bits per heavy atom. The van der Waals surface area contributed by atoms with Gasteiger partial charge in [-0.05, 0) is 62.7 Å². The van der Waals surface area contributed by atoms with Crippen LogP contribution in [0.1, 0.15) is 44.2 Å². The third-order valence-electron chi connectivity index (χ3n) is 5.29. The first-order valence-electron chi connectivity index (χ1n) is 8.88. The van der Waals surface area contributed by atoms with Gasteiger partial charge in [0.2, 0.25) is 0 Å². The molecule has 0 saturated carbocycles. The predicted molar refractivity (Wildman–Crippen MR) is 103 cm³/mol. The van der Waals surface area contributed by atoms with Crippen molar-refractivity contribution in [2.75, 3.05) is 25.5 Å². The molecule has 3 nitrogen and oxygen atoms in total. The van der Waals surface area contributed by atoms with E-state index in [1.807, 2.05) is 0 Å². The summed E-state index contributed by atoms with van der Waals surface area (Å²) in [5, 5.41) is 4.29. The lowest BCUT2D eigenvalue weighted by Gasteiger charge is -2.37. The molecule has 2 atom stereocenters. The Balaban J connectivity index is 1.88. The van der Waals surface area contributed by atoms with E-state index in [9.17, 15) is 0 Å². The molecule has 128 valence electrons. The first-order chi connectivity index (χ1) is 10.9. The summed E-state index contributed by atoms with van der Waals surface area (Å²) < 4.78 is 0. The van der Waals surface area contributed by atoms with Gasteiger partial charge in [-0.15, -0.1) is 0 Å². The lowest BCUT2D eigenvalue weighted by molar-refractivity contribution is -0.930. The number of anilines is 1. The van der Waals surface area contributed by atoms with Gasteiger partial charge in [-0.3, -0.25) is 0 Å². The highest BCUT2D eigenvalue weighted by Crippen LogP contribution is 2.16. The number of benzene rings is 1. The molecule has 1 aliphatic heterocycles. The lowest BCUT2D eigenvalue weighted by Crippen LogP contribution is -3.16. The van der Waals surface area contributed by atoms with Crippen LogP contribution in [0.25, 0.3) is 0 Å². The van der Waals surface area contributed by atoms with Crippen molar-refractivity contribution in [3.05, 3.63) is 29.3 Å². The molecule has 0 spiro atoms. The number of piperidine rings is 1. The summed E-state index contributed by atoms with van der Waals surface area (Å²) >= 11 is 5.63. The molecule has 23 heavy (non-hydrogen) atoms. The molecule has 2 N–H and O–H groups in total. The number of quaternary nitrogens is 1. The Hall–Kier alpha value is -1.13. The maximum atomic E-state index is 5.63. The minimum Gasteiger partial charge on any atom is -0.349 e. The van der Waals surface area contributed by atoms with E-state index in [1.165, 1.54) is 30.4 Å². The van der Waals surface area contributed by atoms with Crippen LogP contribution in [0.15, 0.2) is 18.2 Å². The molecule has 0 aromatic heterocycles. The number of hydrogen-bond donors (Lipinski definition) is 2. The van der Waals surface area contributed by atoms with Gasteiger partial charge in [0.25, 0.3) is 0 Å². The highest BCUT2D eigenvalue weighted by Gasteiger charge is 2.28. The predicted octanol–water partition coefficient (Wildman–Crippen LogP) is 2.78. The van der Waals surface area contributed by atoms with Crippen LogP contribution in [0.5, 0.6) is 0 Å². The van der Waals surface area contributed by atoms with Crippen LogP contribution < -0.4 is 10.2 Å². The minimum atomic E-state index is 0.742. The fraction of sp³-hybridized carbons (Fsp3) is 0.632. The van der Waals surface area contributed by atoms with Gasteiger partial charge in [-0.1, -0.05) is 13.0 Å². The number of thiocarbonyl (C=S) groups is 1. The monoisotopic (exact) mass is 334 g/mol. The highest BCUT2D eigenvalue weighted by molar-refractivity contribution is 7.80. The molecule has 1 saturated heterocycles. The Labute approximate surface area is 147 Å². The van der Waals surface area contributed by atoms with Crippen LogP contribution >= 0.6 is 12.2 Å². The van der Waals surface area contributed by atoms with Crippen molar-refractivity contribution >= 4 is 23.0 Å². The third kappa shape index (κ3) is 4.92. The first kappa shape index (κ1) is 18.2. The zero-order chi connectivity index (χ0) is 17.0. The molecule has 0 bridgehead atoms. The molecule has 0 radical (unpaired) electrons. The quantitative estimate of drug-likeness (QED) is 0.826. The molecule has 2 rings (SSSR count). The summed E-state index contributed by atoms with van der Waals surface area (Å²) in [6.07, 6.45) is 3.70. The largest absolute Gasteiger partial charge is 0.349 e. The van der Waals surface area contributed by atoms with Crippen molar-refractivity contribution in [3.63, 3.8) is 0 Å². The molecule has 1 fully saturated rings. The van der Waals surface area contributed by atoms with E-state index in [2.05, 4.69) is 63.2 Å². The molecule has 0 amide bonds. The van der Waals surface area contributed by atoms with E-state index >= 15 is 0 Å². The van der Waals surface area contributed by atoms with Crippen LogP contribution in [0.4, 0.5) is 5.69 Å². The fourth-order valence-electron chi connectivity index (χ4n) is 3.51. The van der Waals surface area contributed by atoms with Crippen molar-refractivity contribution < 1.29 is 4.90 Å². The van der Waals surface area contributed by atoms with Crippen molar-refractivity contribution in [3.8, 4) is 0 Å². The van der Waals surface area contributed by atoms with E-state index in [1.54, 1.807) is 4.90 Å². The Kier molecular flexibility index (Phi) is 6.42. The highest BCUT2D eigenvalue weighted by atomic mass is 32.1. The van der Waals surface area contributed by atoms with Gasteiger partial charge >= 0.3 is 0 Å². The number of nitrogens with one attached hydrogen (secondary N) is 2. The molecule has 1 heterocycles. The second kappa shape index (κ2) is 8.11. The Bertz CT molecular complexity index is 515. The number of aryl methyl sites for hydroxylation is 2. The van der Waals surface area contributed by atoms with E-state index < -0.39 is 0 Å². The Morgan fingerprint density at radius 3 is 2.35 bits per heavy atom. The van der Waals surface area contributed by atoms with Crippen molar-refractivity contribution in [1.82, 2.24) is 4.90 Å². The fourth-order valence-corrected chi connectivity index (χ4v) is 3.81. The normalized spacial score (nSPS) is 18.6. The molecule has 1 aromatic carbocycles. The SMILES string of the molecule is CCC(C)[NH+](C)C1CCN(C(=S)Nc2cc(C)cc(C)c2)CC1. The molecular formula is C19H32N3S+. The number of hydrogen-bond acceptors (Lipinski definition) is 1. The topological polar surface area (TPSA) is 19.7 Å². The zero-order valence-electron chi connectivity index (χ0n) is 15.3. The number of rotatable bonds is 4. The van der Waals surface area contributed by atoms with Crippen molar-refractivity contribution in [2.24, 2.45) is 0 Å². The van der Waals surface area contributed by atoms with Crippen LogP contribution in [0.2, 0.25) is 0 Å². The summed E-state index contributed by atoms with van der Waals surface area (Å²) in [6.45, 7) is 11.0. The summed E-state index contributed by atoms with van der Waals surface area (Å²) in [7, 11) is 2.35. The average molecular weight is 335 g/mol. The average Bonchev–Trinajstić information content (AvgIpc) is 2.52. The lowest BCUT2D eigenvalue weighted by atomic mass is 10.0. The molecule has 4 heteroatoms. The van der Waals surface area contributed by atoms with Gasteiger partial charge in [-0.25, -0.2) is 0 Å². The van der Waals surface area contributed by atoms with Gasteiger partial charge in [0.15, 0.2) is 5.11 Å². The van der Waals surface area contributed by atoms with Crippen molar-refractivity contribution in [2.45, 2.75) is 59.0 Å². The van der Waals surface area contributed by atoms with E-state index in [4.69, 9.17) is 12.2 Å². The van der Waals surface area contributed by atoms with E-state index in [-0.39, 0.29) is 0 Å². The summed E-state index contributed by atoms with van der Waals surface area (Å²) in [5.74, 6) is 0. The van der Waals surface area contributed by atoms with E-state index in [0.717, 1.165) is 36.0 Å². The third-order valence-corrected chi connectivity index (χ3v) is 5.65. The van der Waals surface area contributed by atoms with Gasteiger partial charge in [0.05, 0.1) is 19.1 Å². The summed E-state index contributed by atoms with van der Waals surface area (Å²) in [6, 6.07) is 8.02. The second-order valence-electron chi connectivity index (χ2n) is 7.12. The molecule has 1 aliphatic rings. The first-order valence-corrected chi connectivity index (χ1v) is 9.29. The molecule has 1 aromatic rings. The number of likely N-dealkylation sites (tertiary alicyclic amines) is 1. The molecule has 2 unspecified atom stereocenters. The summed E-state index contributed by atoms with van der Waals surface area (Å²) in [5.41, 5.74) is 3.65. The smallest absolute Gasteiger partial charge is 0.173 e. The van der Waals surface area contributed by atoms with Gasteiger partial charge in [0, 0.05) is 31.6 Å².